The first kappa shape index (κ1) is 21.1. The summed E-state index contributed by atoms with van der Waals surface area (Å²) in [5, 5.41) is 14.1. The highest BCUT2D eigenvalue weighted by atomic mass is 16.1. The van der Waals surface area contributed by atoms with Crippen LogP contribution < -0.4 is 10.5 Å². The third-order valence-corrected chi connectivity index (χ3v) is 7.61. The standard InChI is InChI=1S/C27H30N6O/c1-3-18-12-13-23-20(15-18)16-22(27(34)28-23)25(26-29-30-31-33(26)21-9-5-6-10-21)32-17(2)14-19-8-4-7-11-24(19)32/h4,7-8,11-13,15-17,21,25H,3,5-6,9-10,14H2,1-2H3,(H,28,34)/t17-,25-/m0/s1. The van der Waals surface area contributed by atoms with Crippen LogP contribution in [0.2, 0.25) is 0 Å². The molecular formula is C27H30N6O. The number of hydrogen-bond donors (Lipinski definition) is 1. The molecule has 2 atom stereocenters. The Labute approximate surface area is 198 Å². The Morgan fingerprint density at radius 1 is 1.12 bits per heavy atom. The summed E-state index contributed by atoms with van der Waals surface area (Å²) in [7, 11) is 0. The van der Waals surface area contributed by atoms with Crippen LogP contribution in [0.25, 0.3) is 10.9 Å². The van der Waals surface area contributed by atoms with Crippen LogP contribution in [0.1, 0.15) is 74.1 Å². The van der Waals surface area contributed by atoms with E-state index in [0.29, 0.717) is 5.56 Å². The van der Waals surface area contributed by atoms with Gasteiger partial charge in [-0.25, -0.2) is 4.68 Å². The molecule has 0 bridgehead atoms. The fraction of sp³-hybridized carbons (Fsp3) is 0.407. The van der Waals surface area contributed by atoms with Gasteiger partial charge in [0, 0.05) is 22.8 Å². The molecule has 34 heavy (non-hydrogen) atoms. The van der Waals surface area contributed by atoms with Crippen molar-refractivity contribution in [2.24, 2.45) is 0 Å². The molecule has 2 aromatic carbocycles. The number of aromatic nitrogens is 5. The van der Waals surface area contributed by atoms with Crippen molar-refractivity contribution in [2.45, 2.75) is 70.5 Å². The Bertz CT molecular complexity index is 1400. The summed E-state index contributed by atoms with van der Waals surface area (Å²) in [5.74, 6) is 0.756. The van der Waals surface area contributed by atoms with E-state index in [9.17, 15) is 4.79 Å². The van der Waals surface area contributed by atoms with Crippen LogP contribution in [0.3, 0.4) is 0 Å². The van der Waals surface area contributed by atoms with Crippen LogP contribution in [0, 0.1) is 0 Å². The topological polar surface area (TPSA) is 79.7 Å². The summed E-state index contributed by atoms with van der Waals surface area (Å²) in [6.45, 7) is 4.37. The van der Waals surface area contributed by atoms with E-state index in [2.05, 4.69) is 81.7 Å². The van der Waals surface area contributed by atoms with Gasteiger partial charge in [-0.1, -0.05) is 44.0 Å². The number of nitrogens with one attached hydrogen (secondary N) is 1. The summed E-state index contributed by atoms with van der Waals surface area (Å²) >= 11 is 0. The number of H-pyrrole nitrogens is 1. The number of hydrogen-bond acceptors (Lipinski definition) is 5. The number of aryl methyl sites for hydroxylation is 1. The van der Waals surface area contributed by atoms with E-state index in [4.69, 9.17) is 0 Å². The van der Waals surface area contributed by atoms with Gasteiger partial charge < -0.3 is 9.88 Å². The number of tetrazole rings is 1. The number of rotatable bonds is 5. The summed E-state index contributed by atoms with van der Waals surface area (Å²) in [6, 6.07) is 16.9. The third-order valence-electron chi connectivity index (χ3n) is 7.61. The lowest BCUT2D eigenvalue weighted by molar-refractivity contribution is 0.423. The van der Waals surface area contributed by atoms with Crippen LogP contribution >= 0.6 is 0 Å². The molecule has 174 valence electrons. The van der Waals surface area contributed by atoms with Gasteiger partial charge in [-0.2, -0.15) is 0 Å². The third kappa shape index (κ3) is 3.42. The van der Waals surface area contributed by atoms with Crippen molar-refractivity contribution in [3.63, 3.8) is 0 Å². The number of aromatic amines is 1. The van der Waals surface area contributed by atoms with E-state index in [-0.39, 0.29) is 23.7 Å². The SMILES string of the molecule is CCc1ccc2[nH]c(=O)c([C@@H](c3nnnn3C3CCCC3)N3c4ccccc4C[C@@H]3C)cc2c1. The Morgan fingerprint density at radius 3 is 2.76 bits per heavy atom. The molecule has 7 nitrogen and oxygen atoms in total. The average molecular weight is 455 g/mol. The quantitative estimate of drug-likeness (QED) is 0.471. The van der Waals surface area contributed by atoms with Gasteiger partial charge in [-0.3, -0.25) is 4.79 Å². The van der Waals surface area contributed by atoms with Gasteiger partial charge in [0.05, 0.1) is 6.04 Å². The Morgan fingerprint density at radius 2 is 1.94 bits per heavy atom. The average Bonchev–Trinajstić information content (AvgIpc) is 3.60. The molecule has 4 aromatic rings. The Hall–Kier alpha value is -3.48. The van der Waals surface area contributed by atoms with Gasteiger partial charge in [0.15, 0.2) is 5.82 Å². The highest BCUT2D eigenvalue weighted by Crippen LogP contribution is 2.42. The lowest BCUT2D eigenvalue weighted by Gasteiger charge is -2.34. The van der Waals surface area contributed by atoms with Crippen molar-refractivity contribution in [3.8, 4) is 0 Å². The molecule has 6 rings (SSSR count). The Balaban J connectivity index is 1.58. The molecule has 7 heteroatoms. The molecule has 0 spiro atoms. The molecule has 0 unspecified atom stereocenters. The van der Waals surface area contributed by atoms with Crippen molar-refractivity contribution in [2.75, 3.05) is 4.90 Å². The highest BCUT2D eigenvalue weighted by Gasteiger charge is 2.39. The zero-order chi connectivity index (χ0) is 23.2. The van der Waals surface area contributed by atoms with Crippen LogP contribution in [-0.4, -0.2) is 31.2 Å². The fourth-order valence-electron chi connectivity index (χ4n) is 5.88. The van der Waals surface area contributed by atoms with Crippen molar-refractivity contribution in [3.05, 3.63) is 81.4 Å². The van der Waals surface area contributed by atoms with Gasteiger partial charge in [0.2, 0.25) is 0 Å². The first-order chi connectivity index (χ1) is 16.6. The fourth-order valence-corrected chi connectivity index (χ4v) is 5.88. The predicted octanol–water partition coefficient (Wildman–Crippen LogP) is 4.73. The van der Waals surface area contributed by atoms with E-state index >= 15 is 0 Å². The molecule has 2 aromatic heterocycles. The predicted molar refractivity (Wildman–Crippen MR) is 133 cm³/mol. The summed E-state index contributed by atoms with van der Waals surface area (Å²) in [5.41, 5.74) is 5.17. The molecule has 1 aliphatic carbocycles. The lowest BCUT2D eigenvalue weighted by atomic mass is 10.0. The Kier molecular flexibility index (Phi) is 5.20. The van der Waals surface area contributed by atoms with E-state index in [1.54, 1.807) is 0 Å². The van der Waals surface area contributed by atoms with Gasteiger partial charge in [-0.05, 0) is 83.8 Å². The molecule has 3 heterocycles. The number of fused-ring (bicyclic) bond motifs is 2. The summed E-state index contributed by atoms with van der Waals surface area (Å²) < 4.78 is 2.00. The van der Waals surface area contributed by atoms with Crippen molar-refractivity contribution in [1.29, 1.82) is 0 Å². The van der Waals surface area contributed by atoms with E-state index in [1.165, 1.54) is 24.0 Å². The molecule has 0 radical (unpaired) electrons. The monoisotopic (exact) mass is 454 g/mol. The number of para-hydroxylation sites is 1. The van der Waals surface area contributed by atoms with Crippen LogP contribution in [0.4, 0.5) is 5.69 Å². The summed E-state index contributed by atoms with van der Waals surface area (Å²) in [4.78, 5) is 19.1. The smallest absolute Gasteiger partial charge is 0.254 e. The maximum atomic E-state index is 13.6. The molecule has 1 saturated carbocycles. The largest absolute Gasteiger partial charge is 0.354 e. The molecule has 1 N–H and O–H groups in total. The first-order valence-corrected chi connectivity index (χ1v) is 12.4. The summed E-state index contributed by atoms with van der Waals surface area (Å²) in [6.07, 6.45) is 6.41. The van der Waals surface area contributed by atoms with E-state index in [1.807, 2.05) is 10.7 Å². The number of benzene rings is 2. The number of anilines is 1. The van der Waals surface area contributed by atoms with E-state index in [0.717, 1.165) is 48.1 Å². The molecular weight excluding hydrogens is 424 g/mol. The number of pyridine rings is 1. The van der Waals surface area contributed by atoms with Crippen molar-refractivity contribution >= 4 is 16.6 Å². The van der Waals surface area contributed by atoms with E-state index < -0.39 is 0 Å². The van der Waals surface area contributed by atoms with Gasteiger partial charge in [-0.15, -0.1) is 5.10 Å². The zero-order valence-electron chi connectivity index (χ0n) is 19.7. The van der Waals surface area contributed by atoms with Crippen molar-refractivity contribution < 1.29 is 0 Å². The minimum absolute atomic E-state index is 0.0840. The first-order valence-electron chi connectivity index (χ1n) is 12.4. The second kappa shape index (κ2) is 8.38. The minimum atomic E-state index is -0.368. The van der Waals surface area contributed by atoms with Crippen LogP contribution in [-0.2, 0) is 12.8 Å². The maximum absolute atomic E-state index is 13.6. The molecule has 2 aliphatic rings. The number of nitrogens with zero attached hydrogens (tertiary/aromatic N) is 5. The lowest BCUT2D eigenvalue weighted by Crippen LogP contribution is -2.39. The molecule has 0 saturated heterocycles. The zero-order valence-corrected chi connectivity index (χ0v) is 19.7. The van der Waals surface area contributed by atoms with Gasteiger partial charge >= 0.3 is 0 Å². The van der Waals surface area contributed by atoms with Crippen molar-refractivity contribution in [1.82, 2.24) is 25.2 Å². The normalized spacial score (nSPS) is 19.1. The second-order valence-electron chi connectivity index (χ2n) is 9.74. The van der Waals surface area contributed by atoms with Gasteiger partial charge in [0.25, 0.3) is 5.56 Å². The van der Waals surface area contributed by atoms with Crippen LogP contribution in [0.15, 0.2) is 53.3 Å². The molecule has 1 fully saturated rings. The molecule has 0 amide bonds. The molecule has 1 aliphatic heterocycles. The minimum Gasteiger partial charge on any atom is -0.354 e. The maximum Gasteiger partial charge on any atom is 0.254 e. The highest BCUT2D eigenvalue weighted by molar-refractivity contribution is 5.80. The van der Waals surface area contributed by atoms with Crippen LogP contribution in [0.5, 0.6) is 0 Å². The second-order valence-corrected chi connectivity index (χ2v) is 9.74. The van der Waals surface area contributed by atoms with Gasteiger partial charge in [0.1, 0.15) is 6.04 Å².